The second-order valence-electron chi connectivity index (χ2n) is 8.59. The van der Waals surface area contributed by atoms with Crippen molar-refractivity contribution in [3.63, 3.8) is 0 Å². The van der Waals surface area contributed by atoms with Gasteiger partial charge in [-0.2, -0.15) is 0 Å². The highest BCUT2D eigenvalue weighted by Gasteiger charge is 2.30. The van der Waals surface area contributed by atoms with Crippen LogP contribution in [0, 0.1) is 0 Å². The van der Waals surface area contributed by atoms with Gasteiger partial charge < -0.3 is 18.9 Å². The molecule has 2 aliphatic heterocycles. The minimum absolute atomic E-state index is 0.0405. The first-order chi connectivity index (χ1) is 15.2. The van der Waals surface area contributed by atoms with Gasteiger partial charge in [-0.3, -0.25) is 4.79 Å². The number of aromatic nitrogens is 3. The lowest BCUT2D eigenvalue weighted by atomic mass is 9.96. The molecule has 1 unspecified atom stereocenters. The van der Waals surface area contributed by atoms with Crippen molar-refractivity contribution < 1.29 is 14.3 Å². The number of ether oxygens (including phenoxy) is 2. The molecule has 0 spiro atoms. The summed E-state index contributed by atoms with van der Waals surface area (Å²) in [5.41, 5.74) is 0.639. The van der Waals surface area contributed by atoms with Gasteiger partial charge in [0.15, 0.2) is 11.5 Å². The molecule has 7 heteroatoms. The molecule has 1 aromatic carbocycles. The van der Waals surface area contributed by atoms with Gasteiger partial charge in [0.05, 0.1) is 13.7 Å². The van der Waals surface area contributed by atoms with E-state index in [1.807, 2.05) is 17.0 Å². The number of nitrogens with zero attached hydrogens (tertiary/aromatic N) is 4. The maximum absolute atomic E-state index is 13.3. The Balaban J connectivity index is 1.47. The van der Waals surface area contributed by atoms with Crippen molar-refractivity contribution >= 4 is 5.91 Å². The van der Waals surface area contributed by atoms with Gasteiger partial charge >= 0.3 is 0 Å². The predicted octanol–water partition coefficient (Wildman–Crippen LogP) is 4.21. The Labute approximate surface area is 184 Å². The molecule has 0 N–H and O–H groups in total. The Morgan fingerprint density at radius 2 is 2.03 bits per heavy atom. The molecular formula is C24H34N4O3. The topological polar surface area (TPSA) is 69.5 Å². The van der Waals surface area contributed by atoms with E-state index in [4.69, 9.17) is 9.47 Å². The zero-order valence-corrected chi connectivity index (χ0v) is 18.8. The van der Waals surface area contributed by atoms with Gasteiger partial charge in [-0.1, -0.05) is 19.8 Å². The summed E-state index contributed by atoms with van der Waals surface area (Å²) in [6, 6.07) is 5.50. The van der Waals surface area contributed by atoms with E-state index < -0.39 is 0 Å². The molecule has 1 amide bonds. The third kappa shape index (κ3) is 4.86. The lowest BCUT2D eigenvalue weighted by Crippen LogP contribution is -2.39. The molecule has 1 atom stereocenters. The van der Waals surface area contributed by atoms with Crippen LogP contribution in [0.2, 0.25) is 0 Å². The first kappa shape index (κ1) is 21.7. The lowest BCUT2D eigenvalue weighted by molar-refractivity contribution is 0.0702. The Kier molecular flexibility index (Phi) is 7.10. The maximum atomic E-state index is 13.3. The summed E-state index contributed by atoms with van der Waals surface area (Å²) < 4.78 is 13.6. The average molecular weight is 427 g/mol. The molecule has 31 heavy (non-hydrogen) atoms. The van der Waals surface area contributed by atoms with Crippen molar-refractivity contribution in [1.82, 2.24) is 19.7 Å². The van der Waals surface area contributed by atoms with Crippen molar-refractivity contribution in [3.05, 3.63) is 35.4 Å². The molecular weight excluding hydrogens is 392 g/mol. The fourth-order valence-electron chi connectivity index (χ4n) is 4.61. The van der Waals surface area contributed by atoms with Crippen LogP contribution in [0.15, 0.2) is 18.2 Å². The normalized spacial score (nSPS) is 18.9. The van der Waals surface area contributed by atoms with Crippen LogP contribution in [0.1, 0.15) is 79.8 Å². The fraction of sp³-hybridized carbons (Fsp3) is 0.625. The van der Waals surface area contributed by atoms with Gasteiger partial charge in [0.25, 0.3) is 5.91 Å². The van der Waals surface area contributed by atoms with Crippen molar-refractivity contribution in [2.24, 2.45) is 0 Å². The van der Waals surface area contributed by atoms with Crippen LogP contribution < -0.4 is 9.47 Å². The van der Waals surface area contributed by atoms with E-state index >= 15 is 0 Å². The van der Waals surface area contributed by atoms with Crippen molar-refractivity contribution in [1.29, 1.82) is 0 Å². The number of likely N-dealkylation sites (tertiary alicyclic amines) is 1. The number of carbonyl (C=O) groups excluding carboxylic acids is 1. The largest absolute Gasteiger partial charge is 0.493 e. The second-order valence-corrected chi connectivity index (χ2v) is 8.59. The van der Waals surface area contributed by atoms with Crippen LogP contribution in [0.25, 0.3) is 0 Å². The molecule has 2 aliphatic rings. The lowest BCUT2D eigenvalue weighted by Gasteiger charge is -2.32. The number of methoxy groups -OCH3 is 1. The number of fused-ring (bicyclic) bond motifs is 1. The minimum Gasteiger partial charge on any atom is -0.493 e. The van der Waals surface area contributed by atoms with E-state index in [2.05, 4.69) is 21.7 Å². The number of hydrogen-bond donors (Lipinski definition) is 0. The molecule has 1 fully saturated rings. The number of carbonyl (C=O) groups is 1. The highest BCUT2D eigenvalue weighted by Crippen LogP contribution is 2.31. The van der Waals surface area contributed by atoms with E-state index in [9.17, 15) is 4.79 Å². The first-order valence-electron chi connectivity index (χ1n) is 11.7. The Bertz CT molecular complexity index is 895. The molecule has 0 radical (unpaired) electrons. The van der Waals surface area contributed by atoms with E-state index in [0.717, 1.165) is 56.8 Å². The molecule has 4 rings (SSSR count). The van der Waals surface area contributed by atoms with Crippen LogP contribution in [-0.4, -0.2) is 52.4 Å². The van der Waals surface area contributed by atoms with Gasteiger partial charge in [0, 0.05) is 37.5 Å². The number of piperidine rings is 1. The highest BCUT2D eigenvalue weighted by atomic mass is 16.5. The quantitative estimate of drug-likeness (QED) is 0.620. The number of rotatable bonds is 7. The summed E-state index contributed by atoms with van der Waals surface area (Å²) >= 11 is 0. The van der Waals surface area contributed by atoms with E-state index in [1.165, 1.54) is 19.3 Å². The zero-order valence-electron chi connectivity index (χ0n) is 18.8. The molecule has 0 bridgehead atoms. The Morgan fingerprint density at radius 3 is 2.87 bits per heavy atom. The average Bonchev–Trinajstić information content (AvgIpc) is 3.07. The molecule has 7 nitrogen and oxygen atoms in total. The molecule has 3 heterocycles. The number of amides is 1. The minimum atomic E-state index is 0.0405. The third-order valence-corrected chi connectivity index (χ3v) is 6.38. The van der Waals surface area contributed by atoms with E-state index in [0.29, 0.717) is 30.2 Å². The maximum Gasteiger partial charge on any atom is 0.254 e. The van der Waals surface area contributed by atoms with Gasteiger partial charge in [-0.15, -0.1) is 10.2 Å². The zero-order chi connectivity index (χ0) is 21.6. The summed E-state index contributed by atoms with van der Waals surface area (Å²) in [7, 11) is 1.62. The highest BCUT2D eigenvalue weighted by molar-refractivity contribution is 5.95. The standard InChI is InChI=1S/C24H34N4O3/c1-3-4-15-31-20-12-11-18(16-21(20)30-2)24(29)27-13-8-9-19(17-27)23-26-25-22-10-6-5-7-14-28(22)23/h11-12,16,19H,3-10,13-15,17H2,1-2H3. The summed E-state index contributed by atoms with van der Waals surface area (Å²) in [6.07, 6.45) is 8.72. The Hall–Kier alpha value is -2.57. The van der Waals surface area contributed by atoms with Gasteiger partial charge in [-0.25, -0.2) is 0 Å². The van der Waals surface area contributed by atoms with Crippen LogP contribution in [0.4, 0.5) is 0 Å². The molecule has 2 aromatic rings. The predicted molar refractivity (Wildman–Crippen MR) is 119 cm³/mol. The molecule has 168 valence electrons. The second kappa shape index (κ2) is 10.2. The molecule has 0 aliphatic carbocycles. The smallest absolute Gasteiger partial charge is 0.254 e. The van der Waals surface area contributed by atoms with Gasteiger partial charge in [-0.05, 0) is 50.3 Å². The number of hydrogen-bond acceptors (Lipinski definition) is 5. The number of benzene rings is 1. The summed E-state index contributed by atoms with van der Waals surface area (Å²) in [6.45, 7) is 5.24. The first-order valence-corrected chi connectivity index (χ1v) is 11.7. The monoisotopic (exact) mass is 426 g/mol. The summed E-state index contributed by atoms with van der Waals surface area (Å²) in [4.78, 5) is 15.2. The number of aryl methyl sites for hydroxylation is 1. The van der Waals surface area contributed by atoms with Crippen LogP contribution in [0.5, 0.6) is 11.5 Å². The van der Waals surface area contributed by atoms with Crippen LogP contribution in [-0.2, 0) is 13.0 Å². The van der Waals surface area contributed by atoms with Crippen molar-refractivity contribution in [2.75, 3.05) is 26.8 Å². The fourth-order valence-corrected chi connectivity index (χ4v) is 4.61. The van der Waals surface area contributed by atoms with Gasteiger partial charge in [0.2, 0.25) is 0 Å². The SMILES string of the molecule is CCCCOc1ccc(C(=O)N2CCCC(c3nnc4n3CCCCC4)C2)cc1OC. The molecule has 0 saturated carbocycles. The van der Waals surface area contributed by atoms with Gasteiger partial charge in [0.1, 0.15) is 11.6 Å². The number of unbranched alkanes of at least 4 members (excludes halogenated alkanes) is 1. The molecule has 1 aromatic heterocycles. The molecule has 1 saturated heterocycles. The van der Waals surface area contributed by atoms with Crippen molar-refractivity contribution in [2.45, 2.75) is 70.8 Å². The van der Waals surface area contributed by atoms with Crippen LogP contribution >= 0.6 is 0 Å². The van der Waals surface area contributed by atoms with Crippen LogP contribution in [0.3, 0.4) is 0 Å². The van der Waals surface area contributed by atoms with Crippen molar-refractivity contribution in [3.8, 4) is 11.5 Å². The summed E-state index contributed by atoms with van der Waals surface area (Å²) in [5.74, 6) is 3.76. The van der Waals surface area contributed by atoms with E-state index in [-0.39, 0.29) is 11.8 Å². The van der Waals surface area contributed by atoms with E-state index in [1.54, 1.807) is 13.2 Å². The Morgan fingerprint density at radius 1 is 1.13 bits per heavy atom. The summed E-state index contributed by atoms with van der Waals surface area (Å²) in [5, 5.41) is 9.00. The third-order valence-electron chi connectivity index (χ3n) is 6.38.